The Morgan fingerprint density at radius 2 is 2.21 bits per heavy atom. The second kappa shape index (κ2) is 6.16. The summed E-state index contributed by atoms with van der Waals surface area (Å²) in [5, 5.41) is 5.97. The Morgan fingerprint density at radius 3 is 2.89 bits per heavy atom. The highest BCUT2D eigenvalue weighted by Gasteiger charge is 2.14. The number of carbonyl (C=O) groups excluding carboxylic acids is 1. The number of hydrogen-bond acceptors (Lipinski definition) is 4. The molecule has 0 atom stereocenters. The molecule has 0 aliphatic rings. The van der Waals surface area contributed by atoms with Crippen LogP contribution in [0.25, 0.3) is 0 Å². The van der Waals surface area contributed by atoms with E-state index in [0.29, 0.717) is 16.5 Å². The number of halogens is 2. The first-order valence-corrected chi connectivity index (χ1v) is 6.82. The average Bonchev–Trinajstić information content (AvgIpc) is 2.39. The lowest BCUT2D eigenvalue weighted by atomic mass is 10.3. The number of nitrogens with one attached hydrogen (secondary N) is 2. The molecule has 0 aliphatic carbocycles. The minimum atomic E-state index is -0.370. The lowest BCUT2D eigenvalue weighted by molar-refractivity contribution is 0.102. The summed E-state index contributed by atoms with van der Waals surface area (Å²) in [6.45, 7) is 0. The van der Waals surface area contributed by atoms with Crippen LogP contribution in [0, 0.1) is 3.57 Å². The summed E-state index contributed by atoms with van der Waals surface area (Å²) in [5.41, 5.74) is 0.770. The van der Waals surface area contributed by atoms with Gasteiger partial charge in [-0.15, -0.1) is 0 Å². The topological polar surface area (TPSA) is 66.9 Å². The number of pyridine rings is 2. The number of anilines is 2. The van der Waals surface area contributed by atoms with E-state index in [1.165, 1.54) is 6.20 Å². The van der Waals surface area contributed by atoms with Crippen LogP contribution in [-0.2, 0) is 0 Å². The Balaban J connectivity index is 2.29. The Hall–Kier alpha value is -1.41. The van der Waals surface area contributed by atoms with E-state index >= 15 is 0 Å². The maximum Gasteiger partial charge on any atom is 0.275 e. The minimum Gasteiger partial charge on any atom is -0.371 e. The minimum absolute atomic E-state index is 0.185. The number of carbonyl (C=O) groups is 1. The molecule has 0 saturated carbocycles. The standard InChI is InChI=1S/C12H10ClIN4O/c1-15-11-9(5-7(14)6-17-11)18-12(19)10-8(13)3-2-4-16-10/h2-6H,1H3,(H,15,17)(H,18,19). The van der Waals surface area contributed by atoms with Crippen LogP contribution in [0.5, 0.6) is 0 Å². The normalized spacial score (nSPS) is 10.1. The van der Waals surface area contributed by atoms with Crippen LogP contribution >= 0.6 is 34.2 Å². The van der Waals surface area contributed by atoms with E-state index in [1.54, 1.807) is 25.4 Å². The molecule has 0 radical (unpaired) electrons. The van der Waals surface area contributed by atoms with Crippen LogP contribution in [0.15, 0.2) is 30.6 Å². The third-order valence-electron chi connectivity index (χ3n) is 2.31. The van der Waals surface area contributed by atoms with Crippen molar-refractivity contribution in [2.75, 3.05) is 17.7 Å². The van der Waals surface area contributed by atoms with Gasteiger partial charge in [-0.2, -0.15) is 0 Å². The van der Waals surface area contributed by atoms with Crippen LogP contribution < -0.4 is 10.6 Å². The van der Waals surface area contributed by atoms with Crippen LogP contribution in [0.1, 0.15) is 10.5 Å². The number of hydrogen-bond donors (Lipinski definition) is 2. The summed E-state index contributed by atoms with van der Waals surface area (Å²) in [6, 6.07) is 5.11. The Morgan fingerprint density at radius 1 is 1.42 bits per heavy atom. The molecular formula is C12H10ClIN4O. The summed E-state index contributed by atoms with van der Waals surface area (Å²) in [6.07, 6.45) is 3.22. The van der Waals surface area contributed by atoms with E-state index in [4.69, 9.17) is 11.6 Å². The second-order valence-electron chi connectivity index (χ2n) is 3.59. The van der Waals surface area contributed by atoms with Crippen molar-refractivity contribution in [2.45, 2.75) is 0 Å². The van der Waals surface area contributed by atoms with Gasteiger partial charge in [-0.3, -0.25) is 4.79 Å². The number of amides is 1. The zero-order chi connectivity index (χ0) is 13.8. The maximum atomic E-state index is 12.1. The van der Waals surface area contributed by atoms with Crippen LogP contribution in [-0.4, -0.2) is 22.9 Å². The van der Waals surface area contributed by atoms with Gasteiger partial charge in [0.25, 0.3) is 5.91 Å². The van der Waals surface area contributed by atoms with Crippen LogP contribution in [0.4, 0.5) is 11.5 Å². The summed E-state index contributed by atoms with van der Waals surface area (Å²) in [7, 11) is 1.73. The molecule has 2 aromatic heterocycles. The van der Waals surface area contributed by atoms with Crippen LogP contribution in [0.2, 0.25) is 5.02 Å². The molecule has 1 amide bonds. The fourth-order valence-corrected chi connectivity index (χ4v) is 2.13. The Kier molecular flexibility index (Phi) is 4.54. The largest absolute Gasteiger partial charge is 0.371 e. The van der Waals surface area contributed by atoms with E-state index in [-0.39, 0.29) is 11.6 Å². The molecule has 0 unspecified atom stereocenters. The van der Waals surface area contributed by atoms with Gasteiger partial charge in [-0.1, -0.05) is 11.6 Å². The zero-order valence-electron chi connectivity index (χ0n) is 9.95. The summed E-state index contributed by atoms with van der Waals surface area (Å²) >= 11 is 8.06. The van der Waals surface area contributed by atoms with Gasteiger partial charge in [-0.25, -0.2) is 9.97 Å². The van der Waals surface area contributed by atoms with Crippen molar-refractivity contribution in [3.63, 3.8) is 0 Å². The lowest BCUT2D eigenvalue weighted by Crippen LogP contribution is -2.15. The van der Waals surface area contributed by atoms with E-state index in [9.17, 15) is 4.79 Å². The van der Waals surface area contributed by atoms with E-state index in [1.807, 2.05) is 6.07 Å². The second-order valence-corrected chi connectivity index (χ2v) is 5.24. The molecule has 2 N–H and O–H groups in total. The number of nitrogens with zero attached hydrogens (tertiary/aromatic N) is 2. The van der Waals surface area contributed by atoms with Crippen molar-refractivity contribution in [2.24, 2.45) is 0 Å². The number of rotatable bonds is 3. The van der Waals surface area contributed by atoms with Gasteiger partial charge >= 0.3 is 0 Å². The zero-order valence-corrected chi connectivity index (χ0v) is 12.9. The molecule has 0 aromatic carbocycles. The summed E-state index contributed by atoms with van der Waals surface area (Å²) < 4.78 is 0.916. The monoisotopic (exact) mass is 388 g/mol. The fraction of sp³-hybridized carbons (Fsp3) is 0.0833. The molecule has 2 aromatic rings. The maximum absolute atomic E-state index is 12.1. The van der Waals surface area contributed by atoms with Gasteiger partial charge in [0.05, 0.1) is 10.7 Å². The Bertz CT molecular complexity index is 620. The van der Waals surface area contributed by atoms with Crippen LogP contribution in [0.3, 0.4) is 0 Å². The highest BCUT2D eigenvalue weighted by atomic mass is 127. The first-order valence-electron chi connectivity index (χ1n) is 5.37. The highest BCUT2D eigenvalue weighted by Crippen LogP contribution is 2.22. The van der Waals surface area contributed by atoms with Crippen molar-refractivity contribution in [3.8, 4) is 0 Å². The lowest BCUT2D eigenvalue weighted by Gasteiger charge is -2.10. The molecule has 7 heteroatoms. The van der Waals surface area contributed by atoms with Gasteiger partial charge in [0.2, 0.25) is 0 Å². The molecule has 0 saturated heterocycles. The molecular weight excluding hydrogens is 379 g/mol. The third-order valence-corrected chi connectivity index (χ3v) is 3.21. The van der Waals surface area contributed by atoms with Crippen molar-refractivity contribution in [1.29, 1.82) is 0 Å². The smallest absolute Gasteiger partial charge is 0.275 e. The number of aromatic nitrogens is 2. The molecule has 19 heavy (non-hydrogen) atoms. The van der Waals surface area contributed by atoms with Gasteiger partial charge in [0.15, 0.2) is 0 Å². The highest BCUT2D eigenvalue weighted by molar-refractivity contribution is 14.1. The van der Waals surface area contributed by atoms with Gasteiger partial charge in [0.1, 0.15) is 11.5 Å². The quantitative estimate of drug-likeness (QED) is 0.793. The SMILES string of the molecule is CNc1ncc(I)cc1NC(=O)c1ncccc1Cl. The van der Waals surface area contributed by atoms with Crippen molar-refractivity contribution < 1.29 is 4.79 Å². The van der Waals surface area contributed by atoms with Gasteiger partial charge in [-0.05, 0) is 40.8 Å². The van der Waals surface area contributed by atoms with E-state index < -0.39 is 0 Å². The predicted octanol–water partition coefficient (Wildman–Crippen LogP) is 3.03. The first kappa shape index (κ1) is 14.0. The fourth-order valence-electron chi connectivity index (χ4n) is 1.47. The van der Waals surface area contributed by atoms with E-state index in [0.717, 1.165) is 3.57 Å². The van der Waals surface area contributed by atoms with E-state index in [2.05, 4.69) is 43.2 Å². The molecule has 2 rings (SSSR count). The summed E-state index contributed by atoms with van der Waals surface area (Å²) in [4.78, 5) is 20.2. The molecule has 2 heterocycles. The molecule has 0 aliphatic heterocycles. The third kappa shape index (κ3) is 3.32. The summed E-state index contributed by atoms with van der Waals surface area (Å²) in [5.74, 6) is 0.215. The Labute approximate surface area is 128 Å². The van der Waals surface area contributed by atoms with Crippen molar-refractivity contribution in [3.05, 3.63) is 44.9 Å². The van der Waals surface area contributed by atoms with Crippen molar-refractivity contribution in [1.82, 2.24) is 9.97 Å². The van der Waals surface area contributed by atoms with Crippen molar-refractivity contribution >= 4 is 51.6 Å². The first-order chi connectivity index (χ1) is 9.11. The molecule has 0 fully saturated rings. The molecule has 5 nitrogen and oxygen atoms in total. The average molecular weight is 389 g/mol. The molecule has 0 bridgehead atoms. The van der Waals surface area contributed by atoms with Gasteiger partial charge in [0, 0.05) is 23.0 Å². The molecule has 98 valence electrons. The van der Waals surface area contributed by atoms with Gasteiger partial charge < -0.3 is 10.6 Å². The predicted molar refractivity (Wildman–Crippen MR) is 83.7 cm³/mol. The molecule has 0 spiro atoms.